The molecule has 0 saturated heterocycles. The van der Waals surface area contributed by atoms with E-state index in [1.807, 2.05) is 0 Å². The summed E-state index contributed by atoms with van der Waals surface area (Å²) in [5.41, 5.74) is 9.46. The Bertz CT molecular complexity index is 209. The molecule has 0 aromatic heterocycles. The second-order valence-electron chi connectivity index (χ2n) is 1.57. The topological polar surface area (TPSA) is 115 Å². The summed E-state index contributed by atoms with van der Waals surface area (Å²) in [6.45, 7) is -0.0391. The zero-order valence-corrected chi connectivity index (χ0v) is 6.02. The first kappa shape index (κ1) is 9.18. The van der Waals surface area contributed by atoms with Crippen LogP contribution >= 0.6 is 0 Å². The molecule has 0 rings (SSSR count). The normalized spacial score (nSPS) is 10.9. The van der Waals surface area contributed by atoms with E-state index in [0.29, 0.717) is 0 Å². The zero-order valence-electron chi connectivity index (χ0n) is 5.20. The van der Waals surface area contributed by atoms with Gasteiger partial charge in [0.25, 0.3) is 0 Å². The smallest absolute Gasteiger partial charge is 0.325 e. The lowest BCUT2D eigenvalue weighted by molar-refractivity contribution is 0.253. The number of hydrogen-bond acceptors (Lipinski definition) is 4. The number of nitrogens with one attached hydrogen (secondary N) is 1. The Labute approximate surface area is 58.6 Å². The molecule has 0 unspecified atom stereocenters. The molecule has 0 aromatic rings. The maximum absolute atomic E-state index is 10.5. The van der Waals surface area contributed by atoms with E-state index in [9.17, 15) is 13.2 Å². The van der Waals surface area contributed by atoms with Gasteiger partial charge in [-0.2, -0.15) is 0 Å². The van der Waals surface area contributed by atoms with Crippen LogP contribution in [0.5, 0.6) is 0 Å². The lowest BCUT2D eigenvalue weighted by Gasteiger charge is -1.99. The number of sulfonamides is 1. The van der Waals surface area contributed by atoms with E-state index in [1.165, 1.54) is 0 Å². The average molecular weight is 167 g/mol. The highest BCUT2D eigenvalue weighted by Crippen LogP contribution is 1.78. The van der Waals surface area contributed by atoms with Crippen LogP contribution < -0.4 is 16.2 Å². The largest absolute Gasteiger partial charge is 0.351 e. The van der Waals surface area contributed by atoms with Crippen LogP contribution in [0, 0.1) is 0 Å². The van der Waals surface area contributed by atoms with Crippen molar-refractivity contribution in [2.24, 2.45) is 11.5 Å². The van der Waals surface area contributed by atoms with E-state index in [-0.39, 0.29) is 12.3 Å². The van der Waals surface area contributed by atoms with Gasteiger partial charge in [-0.1, -0.05) is 0 Å². The number of hydrogen-bond donors (Lipinski definition) is 3. The van der Waals surface area contributed by atoms with E-state index < -0.39 is 16.1 Å². The highest BCUT2D eigenvalue weighted by molar-refractivity contribution is 7.90. The SMILES string of the molecule is NCCS(=O)(=O)NC(N)=O. The van der Waals surface area contributed by atoms with Gasteiger partial charge in [0.1, 0.15) is 0 Å². The van der Waals surface area contributed by atoms with Crippen LogP contribution in [-0.2, 0) is 10.0 Å². The first-order valence-corrected chi connectivity index (χ1v) is 4.13. The molecule has 10 heavy (non-hydrogen) atoms. The molecule has 5 N–H and O–H groups in total. The standard InChI is InChI=1S/C3H9N3O3S/c4-1-2-10(8,9)6-3(5)7/h1-2,4H2,(H3,5,6,7). The molecule has 0 spiro atoms. The molecule has 60 valence electrons. The van der Waals surface area contributed by atoms with Crippen LogP contribution in [0.15, 0.2) is 0 Å². The van der Waals surface area contributed by atoms with Crippen LogP contribution in [0.4, 0.5) is 4.79 Å². The van der Waals surface area contributed by atoms with Crippen molar-refractivity contribution in [3.05, 3.63) is 0 Å². The molecule has 0 radical (unpaired) electrons. The van der Waals surface area contributed by atoms with Gasteiger partial charge in [0.2, 0.25) is 10.0 Å². The predicted molar refractivity (Wildman–Crippen MR) is 35.6 cm³/mol. The fourth-order valence-corrected chi connectivity index (χ4v) is 1.08. The Hall–Kier alpha value is -0.820. The molecule has 0 atom stereocenters. The Morgan fingerprint density at radius 2 is 2.00 bits per heavy atom. The summed E-state index contributed by atoms with van der Waals surface area (Å²) >= 11 is 0. The third-order valence-corrected chi connectivity index (χ3v) is 1.93. The molecule has 0 aliphatic heterocycles. The predicted octanol–water partition coefficient (Wildman–Crippen LogP) is -2.06. The summed E-state index contributed by atoms with van der Waals surface area (Å²) in [5.74, 6) is -0.296. The molecule has 0 heterocycles. The molecule has 6 nitrogen and oxygen atoms in total. The number of urea groups is 1. The van der Waals surface area contributed by atoms with E-state index >= 15 is 0 Å². The van der Waals surface area contributed by atoms with E-state index in [1.54, 1.807) is 4.72 Å². The van der Waals surface area contributed by atoms with Gasteiger partial charge in [-0.05, 0) is 0 Å². The fourth-order valence-electron chi connectivity index (χ4n) is 0.359. The van der Waals surface area contributed by atoms with Gasteiger partial charge >= 0.3 is 6.03 Å². The molecule has 7 heteroatoms. The minimum absolute atomic E-state index is 0.0391. The minimum Gasteiger partial charge on any atom is -0.351 e. The molecular weight excluding hydrogens is 158 g/mol. The van der Waals surface area contributed by atoms with Crippen molar-refractivity contribution < 1.29 is 13.2 Å². The second kappa shape index (κ2) is 3.37. The van der Waals surface area contributed by atoms with Crippen molar-refractivity contribution in [2.45, 2.75) is 0 Å². The van der Waals surface area contributed by atoms with Gasteiger partial charge in [-0.25, -0.2) is 17.9 Å². The van der Waals surface area contributed by atoms with Gasteiger partial charge in [0, 0.05) is 6.54 Å². The fraction of sp³-hybridized carbons (Fsp3) is 0.667. The van der Waals surface area contributed by atoms with Gasteiger partial charge < -0.3 is 11.5 Å². The van der Waals surface area contributed by atoms with Crippen LogP contribution in [0.2, 0.25) is 0 Å². The van der Waals surface area contributed by atoms with Gasteiger partial charge in [-0.15, -0.1) is 0 Å². The summed E-state index contributed by atoms with van der Waals surface area (Å²) in [4.78, 5) is 9.98. The quantitative estimate of drug-likeness (QED) is 0.448. The van der Waals surface area contributed by atoms with Crippen LogP contribution in [0.3, 0.4) is 0 Å². The summed E-state index contributed by atoms with van der Waals surface area (Å²) < 4.78 is 22.6. The molecular formula is C3H9N3O3S. The van der Waals surface area contributed by atoms with Crippen LogP contribution in [0.1, 0.15) is 0 Å². The van der Waals surface area contributed by atoms with Crippen LogP contribution in [0.25, 0.3) is 0 Å². The first-order valence-electron chi connectivity index (χ1n) is 2.48. The Morgan fingerprint density at radius 3 is 2.30 bits per heavy atom. The number of amides is 2. The molecule has 0 aliphatic rings. The lowest BCUT2D eigenvalue weighted by atomic mass is 10.8. The number of nitrogens with two attached hydrogens (primary N) is 2. The number of primary amides is 1. The van der Waals surface area contributed by atoms with E-state index in [2.05, 4.69) is 5.73 Å². The molecule has 0 saturated carbocycles. The number of carbonyl (C=O) groups is 1. The molecule has 0 aliphatic carbocycles. The van der Waals surface area contributed by atoms with Gasteiger partial charge in [0.05, 0.1) is 5.75 Å². The summed E-state index contributed by atoms with van der Waals surface area (Å²) in [7, 11) is -3.58. The molecule has 0 fully saturated rings. The number of rotatable bonds is 3. The third kappa shape index (κ3) is 4.10. The second-order valence-corrected chi connectivity index (χ2v) is 3.42. The Kier molecular flexibility index (Phi) is 3.10. The van der Waals surface area contributed by atoms with Crippen molar-refractivity contribution in [3.63, 3.8) is 0 Å². The molecule has 0 bridgehead atoms. The third-order valence-electron chi connectivity index (χ3n) is 0.643. The summed E-state index contributed by atoms with van der Waals surface area (Å²) in [5, 5.41) is 0. The van der Waals surface area contributed by atoms with Crippen molar-refractivity contribution in [2.75, 3.05) is 12.3 Å². The summed E-state index contributed by atoms with van der Waals surface area (Å²) in [6, 6.07) is -1.09. The highest BCUT2D eigenvalue weighted by atomic mass is 32.2. The molecule has 0 aromatic carbocycles. The monoisotopic (exact) mass is 167 g/mol. The first-order chi connectivity index (χ1) is 4.48. The van der Waals surface area contributed by atoms with Crippen molar-refractivity contribution in [1.82, 2.24) is 4.72 Å². The Morgan fingerprint density at radius 1 is 1.50 bits per heavy atom. The van der Waals surface area contributed by atoms with E-state index in [4.69, 9.17) is 5.73 Å². The lowest BCUT2D eigenvalue weighted by Crippen LogP contribution is -2.38. The minimum atomic E-state index is -3.58. The molecule has 2 amide bonds. The van der Waals surface area contributed by atoms with Crippen molar-refractivity contribution >= 4 is 16.1 Å². The highest BCUT2D eigenvalue weighted by Gasteiger charge is 2.09. The van der Waals surface area contributed by atoms with Gasteiger partial charge in [-0.3, -0.25) is 0 Å². The number of carbonyl (C=O) groups excluding carboxylic acids is 1. The van der Waals surface area contributed by atoms with E-state index in [0.717, 1.165) is 0 Å². The maximum atomic E-state index is 10.5. The van der Waals surface area contributed by atoms with Crippen molar-refractivity contribution in [1.29, 1.82) is 0 Å². The van der Waals surface area contributed by atoms with Crippen LogP contribution in [-0.4, -0.2) is 26.7 Å². The summed E-state index contributed by atoms with van der Waals surface area (Å²) in [6.07, 6.45) is 0. The average Bonchev–Trinajstić information content (AvgIpc) is 1.59. The zero-order chi connectivity index (χ0) is 8.20. The maximum Gasteiger partial charge on any atom is 0.325 e. The van der Waals surface area contributed by atoms with Crippen molar-refractivity contribution in [3.8, 4) is 0 Å². The van der Waals surface area contributed by atoms with Gasteiger partial charge in [0.15, 0.2) is 0 Å². The Balaban J connectivity index is 4.02.